The van der Waals surface area contributed by atoms with Crippen LogP contribution in [0.25, 0.3) is 0 Å². The molecule has 1 aromatic heterocycles. The van der Waals surface area contributed by atoms with Gasteiger partial charge in [-0.15, -0.1) is 0 Å². The van der Waals surface area contributed by atoms with Gasteiger partial charge in [0.2, 0.25) is 0 Å². The van der Waals surface area contributed by atoms with Crippen LogP contribution in [-0.4, -0.2) is 10.2 Å². The molecule has 1 aromatic rings. The molecule has 10 heavy (non-hydrogen) atoms. The van der Waals surface area contributed by atoms with Crippen molar-refractivity contribution < 1.29 is 0 Å². The Balaban J connectivity index is 2.14. The minimum absolute atomic E-state index is 0.766. The average molecular weight is 136 g/mol. The fourth-order valence-corrected chi connectivity index (χ4v) is 1.60. The van der Waals surface area contributed by atoms with Crippen LogP contribution in [0.1, 0.15) is 31.4 Å². The second-order valence-electron chi connectivity index (χ2n) is 3.17. The zero-order chi connectivity index (χ0) is 6.97. The number of hydrogen-bond donors (Lipinski definition) is 1. The lowest BCUT2D eigenvalue weighted by atomic mass is 9.73. The van der Waals surface area contributed by atoms with E-state index in [9.17, 15) is 0 Å². The summed E-state index contributed by atoms with van der Waals surface area (Å²) in [6, 6.07) is 2.08. The summed E-state index contributed by atoms with van der Waals surface area (Å²) in [6.45, 7) is 2.30. The van der Waals surface area contributed by atoms with E-state index in [0.717, 1.165) is 11.8 Å². The average Bonchev–Trinajstić information content (AvgIpc) is 2.37. The molecule has 0 bridgehead atoms. The molecule has 0 amide bonds. The van der Waals surface area contributed by atoms with Crippen LogP contribution in [0.15, 0.2) is 12.3 Å². The molecular weight excluding hydrogens is 124 g/mol. The molecule has 1 saturated carbocycles. The van der Waals surface area contributed by atoms with Crippen molar-refractivity contribution in [2.45, 2.75) is 25.7 Å². The van der Waals surface area contributed by atoms with Gasteiger partial charge in [0.15, 0.2) is 0 Å². The summed E-state index contributed by atoms with van der Waals surface area (Å²) in [7, 11) is 0. The second kappa shape index (κ2) is 2.11. The largest absolute Gasteiger partial charge is 0.282 e. The van der Waals surface area contributed by atoms with Crippen molar-refractivity contribution in [1.82, 2.24) is 10.2 Å². The van der Waals surface area contributed by atoms with Gasteiger partial charge in [0.05, 0.1) is 0 Å². The van der Waals surface area contributed by atoms with Crippen LogP contribution in [-0.2, 0) is 0 Å². The van der Waals surface area contributed by atoms with Crippen molar-refractivity contribution >= 4 is 0 Å². The quantitative estimate of drug-likeness (QED) is 0.627. The molecule has 1 N–H and O–H groups in total. The van der Waals surface area contributed by atoms with E-state index in [1.54, 1.807) is 0 Å². The number of aromatic amines is 1. The smallest absolute Gasteiger partial charge is 0.0490 e. The highest BCUT2D eigenvalue weighted by molar-refractivity contribution is 5.10. The minimum atomic E-state index is 0.766. The van der Waals surface area contributed by atoms with E-state index >= 15 is 0 Å². The first kappa shape index (κ1) is 5.96. The van der Waals surface area contributed by atoms with Crippen molar-refractivity contribution in [3.63, 3.8) is 0 Å². The van der Waals surface area contributed by atoms with E-state index in [0.29, 0.717) is 0 Å². The Bertz CT molecular complexity index is 203. The molecule has 2 rings (SSSR count). The van der Waals surface area contributed by atoms with Crippen LogP contribution in [0, 0.1) is 5.92 Å². The zero-order valence-corrected chi connectivity index (χ0v) is 6.17. The molecule has 0 saturated heterocycles. The van der Waals surface area contributed by atoms with Gasteiger partial charge < -0.3 is 0 Å². The third-order valence-corrected chi connectivity index (χ3v) is 2.54. The maximum atomic E-state index is 3.93. The van der Waals surface area contributed by atoms with Gasteiger partial charge in [0, 0.05) is 17.8 Å². The third kappa shape index (κ3) is 0.753. The number of rotatable bonds is 1. The fraction of sp³-hybridized carbons (Fsp3) is 0.625. The molecule has 54 valence electrons. The molecule has 0 spiro atoms. The van der Waals surface area contributed by atoms with E-state index in [4.69, 9.17) is 0 Å². The Morgan fingerprint density at radius 1 is 1.60 bits per heavy atom. The van der Waals surface area contributed by atoms with Crippen LogP contribution in [0.5, 0.6) is 0 Å². The van der Waals surface area contributed by atoms with E-state index in [-0.39, 0.29) is 0 Å². The molecule has 2 nitrogen and oxygen atoms in total. The van der Waals surface area contributed by atoms with Gasteiger partial charge >= 0.3 is 0 Å². The molecular formula is C8H12N2. The lowest BCUT2D eigenvalue weighted by Gasteiger charge is -2.32. The number of aromatic nitrogens is 2. The van der Waals surface area contributed by atoms with E-state index < -0.39 is 0 Å². The molecule has 0 aromatic carbocycles. The van der Waals surface area contributed by atoms with Crippen molar-refractivity contribution in [2.24, 2.45) is 5.92 Å². The fourth-order valence-electron chi connectivity index (χ4n) is 1.60. The SMILES string of the molecule is C[C@@H]1CC[C@H]1c1ccn[nH]1. The first-order valence-corrected chi connectivity index (χ1v) is 3.87. The Hall–Kier alpha value is -0.790. The number of hydrogen-bond acceptors (Lipinski definition) is 1. The van der Waals surface area contributed by atoms with Gasteiger partial charge in [-0.25, -0.2) is 0 Å². The summed E-state index contributed by atoms with van der Waals surface area (Å²) < 4.78 is 0. The van der Waals surface area contributed by atoms with Crippen LogP contribution < -0.4 is 0 Å². The summed E-state index contributed by atoms with van der Waals surface area (Å²) in [5.74, 6) is 1.63. The molecule has 2 atom stereocenters. The Kier molecular flexibility index (Phi) is 1.26. The van der Waals surface area contributed by atoms with Crippen LogP contribution in [0.2, 0.25) is 0 Å². The van der Waals surface area contributed by atoms with Crippen molar-refractivity contribution in [3.05, 3.63) is 18.0 Å². The van der Waals surface area contributed by atoms with E-state index in [2.05, 4.69) is 23.2 Å². The molecule has 1 fully saturated rings. The van der Waals surface area contributed by atoms with Gasteiger partial charge in [-0.1, -0.05) is 6.92 Å². The molecule has 1 aliphatic carbocycles. The van der Waals surface area contributed by atoms with Gasteiger partial charge in [0.1, 0.15) is 0 Å². The molecule has 0 aliphatic heterocycles. The summed E-state index contributed by atoms with van der Waals surface area (Å²) in [4.78, 5) is 0. The van der Waals surface area contributed by atoms with Crippen LogP contribution in [0.3, 0.4) is 0 Å². The molecule has 0 radical (unpaired) electrons. The van der Waals surface area contributed by atoms with E-state index in [1.165, 1.54) is 18.5 Å². The normalized spacial score (nSPS) is 31.7. The highest BCUT2D eigenvalue weighted by atomic mass is 15.1. The Morgan fingerprint density at radius 3 is 2.90 bits per heavy atom. The van der Waals surface area contributed by atoms with E-state index in [1.807, 2.05) is 6.20 Å². The van der Waals surface area contributed by atoms with Gasteiger partial charge in [-0.3, -0.25) is 5.10 Å². The van der Waals surface area contributed by atoms with Crippen LogP contribution >= 0.6 is 0 Å². The second-order valence-corrected chi connectivity index (χ2v) is 3.17. The predicted molar refractivity (Wildman–Crippen MR) is 39.7 cm³/mol. The highest BCUT2D eigenvalue weighted by Gasteiger charge is 2.28. The molecule has 1 heterocycles. The third-order valence-electron chi connectivity index (χ3n) is 2.54. The topological polar surface area (TPSA) is 28.7 Å². The lowest BCUT2D eigenvalue weighted by Crippen LogP contribution is -2.20. The first-order chi connectivity index (χ1) is 4.88. The van der Waals surface area contributed by atoms with Gasteiger partial charge in [0.25, 0.3) is 0 Å². The van der Waals surface area contributed by atoms with Crippen molar-refractivity contribution in [3.8, 4) is 0 Å². The van der Waals surface area contributed by atoms with Crippen LogP contribution in [0.4, 0.5) is 0 Å². The summed E-state index contributed by atoms with van der Waals surface area (Å²) in [6.07, 6.45) is 4.55. The predicted octanol–water partition coefficient (Wildman–Crippen LogP) is 1.92. The number of nitrogens with zero attached hydrogens (tertiary/aromatic N) is 1. The Labute approximate surface area is 60.6 Å². The molecule has 2 heteroatoms. The van der Waals surface area contributed by atoms with Gasteiger partial charge in [-0.05, 0) is 24.8 Å². The van der Waals surface area contributed by atoms with Gasteiger partial charge in [-0.2, -0.15) is 5.10 Å². The monoisotopic (exact) mass is 136 g/mol. The lowest BCUT2D eigenvalue weighted by molar-refractivity contribution is 0.274. The molecule has 1 aliphatic rings. The number of H-pyrrole nitrogens is 1. The zero-order valence-electron chi connectivity index (χ0n) is 6.17. The first-order valence-electron chi connectivity index (χ1n) is 3.87. The van der Waals surface area contributed by atoms with Crippen molar-refractivity contribution in [1.29, 1.82) is 0 Å². The highest BCUT2D eigenvalue weighted by Crippen LogP contribution is 2.40. The maximum absolute atomic E-state index is 3.93. The maximum Gasteiger partial charge on any atom is 0.0490 e. The summed E-state index contributed by atoms with van der Waals surface area (Å²) >= 11 is 0. The minimum Gasteiger partial charge on any atom is -0.282 e. The standard InChI is InChI=1S/C8H12N2/c1-6-2-3-7(6)8-4-5-9-10-8/h4-7H,2-3H2,1H3,(H,9,10)/t6-,7-/m1/s1. The summed E-state index contributed by atoms with van der Waals surface area (Å²) in [5.41, 5.74) is 1.32. The summed E-state index contributed by atoms with van der Waals surface area (Å²) in [5, 5.41) is 6.95. The molecule has 0 unspecified atom stereocenters. The van der Waals surface area contributed by atoms with Crippen molar-refractivity contribution in [2.75, 3.05) is 0 Å². The Morgan fingerprint density at radius 2 is 2.50 bits per heavy atom. The number of nitrogens with one attached hydrogen (secondary N) is 1.